The lowest BCUT2D eigenvalue weighted by Gasteiger charge is -2.19. The zero-order chi connectivity index (χ0) is 19.4. The second-order valence-corrected chi connectivity index (χ2v) is 7.09. The fourth-order valence-corrected chi connectivity index (χ4v) is 2.45. The lowest BCUT2D eigenvalue weighted by molar-refractivity contribution is -0.136. The smallest absolute Gasteiger partial charge is 0.329 e. The first-order valence-electron chi connectivity index (χ1n) is 8.47. The van der Waals surface area contributed by atoms with E-state index in [0.29, 0.717) is 22.7 Å². The molecule has 0 aromatic heterocycles. The second-order valence-electron chi connectivity index (χ2n) is 7.09. The van der Waals surface area contributed by atoms with Gasteiger partial charge in [0.25, 0.3) is 0 Å². The lowest BCUT2D eigenvalue weighted by Crippen LogP contribution is -2.32. The van der Waals surface area contributed by atoms with Gasteiger partial charge < -0.3 is 14.8 Å². The number of hydrogen-bond donors (Lipinski definition) is 2. The zero-order valence-corrected chi connectivity index (χ0v) is 15.4. The number of ether oxygens (including phenoxy) is 2. The van der Waals surface area contributed by atoms with Gasteiger partial charge in [0.15, 0.2) is 11.5 Å². The first-order chi connectivity index (χ1) is 12.8. The summed E-state index contributed by atoms with van der Waals surface area (Å²) in [6, 6.07) is 12.6. The zero-order valence-electron chi connectivity index (χ0n) is 15.4. The Morgan fingerprint density at radius 3 is 2.41 bits per heavy atom. The van der Waals surface area contributed by atoms with Gasteiger partial charge in [-0.2, -0.15) is 5.10 Å². The van der Waals surface area contributed by atoms with Crippen molar-refractivity contribution in [3.63, 3.8) is 0 Å². The molecule has 2 aromatic carbocycles. The molecular weight excluding hydrogens is 346 g/mol. The van der Waals surface area contributed by atoms with Crippen LogP contribution in [-0.4, -0.2) is 24.8 Å². The molecule has 7 nitrogen and oxygen atoms in total. The van der Waals surface area contributed by atoms with E-state index in [2.05, 4.69) is 36.6 Å². The number of benzene rings is 2. The van der Waals surface area contributed by atoms with E-state index in [0.717, 1.165) is 5.56 Å². The first kappa shape index (κ1) is 18.4. The normalized spacial score (nSPS) is 12.9. The molecule has 0 fully saturated rings. The van der Waals surface area contributed by atoms with Crippen LogP contribution in [0.5, 0.6) is 11.5 Å². The molecule has 0 unspecified atom stereocenters. The van der Waals surface area contributed by atoms with Gasteiger partial charge in [-0.25, -0.2) is 5.43 Å². The van der Waals surface area contributed by atoms with Crippen LogP contribution >= 0.6 is 0 Å². The van der Waals surface area contributed by atoms with E-state index < -0.39 is 11.8 Å². The Bertz CT molecular complexity index is 883. The van der Waals surface area contributed by atoms with Gasteiger partial charge in [0.1, 0.15) is 0 Å². The molecule has 0 atom stereocenters. The topological polar surface area (TPSA) is 89.0 Å². The van der Waals surface area contributed by atoms with Crippen molar-refractivity contribution in [1.82, 2.24) is 5.43 Å². The highest BCUT2D eigenvalue weighted by molar-refractivity contribution is 6.39. The Morgan fingerprint density at radius 1 is 1.00 bits per heavy atom. The fourth-order valence-electron chi connectivity index (χ4n) is 2.45. The maximum atomic E-state index is 12.0. The van der Waals surface area contributed by atoms with Crippen molar-refractivity contribution in [3.05, 3.63) is 53.6 Å². The predicted octanol–water partition coefficient (Wildman–Crippen LogP) is 2.80. The van der Waals surface area contributed by atoms with Crippen LogP contribution in [0.1, 0.15) is 31.9 Å². The van der Waals surface area contributed by atoms with Gasteiger partial charge in [-0.15, -0.1) is 0 Å². The molecule has 7 heteroatoms. The molecule has 140 valence electrons. The van der Waals surface area contributed by atoms with E-state index >= 15 is 0 Å². The number of nitrogens with zero attached hydrogens (tertiary/aromatic N) is 1. The molecule has 0 saturated carbocycles. The van der Waals surface area contributed by atoms with Gasteiger partial charge in [0, 0.05) is 5.69 Å². The van der Waals surface area contributed by atoms with Crippen LogP contribution in [0, 0.1) is 0 Å². The molecule has 0 aliphatic carbocycles. The number of amides is 2. The van der Waals surface area contributed by atoms with Crippen LogP contribution in [0.25, 0.3) is 0 Å². The highest BCUT2D eigenvalue weighted by Gasteiger charge is 2.16. The summed E-state index contributed by atoms with van der Waals surface area (Å²) in [5.41, 5.74) is 4.61. The number of rotatable bonds is 3. The highest BCUT2D eigenvalue weighted by Crippen LogP contribution is 2.31. The SMILES string of the molecule is CC(C)(C)c1ccc(NC(=O)C(=O)N/N=C\c2ccc3c(c2)OCO3)cc1. The van der Waals surface area contributed by atoms with Crippen LogP contribution < -0.4 is 20.2 Å². The number of carbonyl (C=O) groups excluding carboxylic acids is 2. The summed E-state index contributed by atoms with van der Waals surface area (Å²) in [6.07, 6.45) is 1.42. The van der Waals surface area contributed by atoms with Crippen LogP contribution in [0.2, 0.25) is 0 Å². The molecule has 27 heavy (non-hydrogen) atoms. The average Bonchev–Trinajstić information content (AvgIpc) is 3.09. The van der Waals surface area contributed by atoms with Gasteiger partial charge in [0.2, 0.25) is 6.79 Å². The summed E-state index contributed by atoms with van der Waals surface area (Å²) in [5, 5.41) is 6.34. The Balaban J connectivity index is 1.54. The molecule has 1 aliphatic heterocycles. The minimum absolute atomic E-state index is 0.0172. The average molecular weight is 367 g/mol. The van der Waals surface area contributed by atoms with Gasteiger partial charge in [0.05, 0.1) is 6.21 Å². The summed E-state index contributed by atoms with van der Waals surface area (Å²) in [5.74, 6) is -0.372. The van der Waals surface area contributed by atoms with Crippen molar-refractivity contribution in [2.75, 3.05) is 12.1 Å². The van der Waals surface area contributed by atoms with Crippen molar-refractivity contribution < 1.29 is 19.1 Å². The van der Waals surface area contributed by atoms with Gasteiger partial charge in [-0.3, -0.25) is 9.59 Å². The number of fused-ring (bicyclic) bond motifs is 1. The fraction of sp³-hybridized carbons (Fsp3) is 0.250. The van der Waals surface area contributed by atoms with Crippen molar-refractivity contribution in [3.8, 4) is 11.5 Å². The van der Waals surface area contributed by atoms with Gasteiger partial charge in [-0.1, -0.05) is 32.9 Å². The summed E-state index contributed by atoms with van der Waals surface area (Å²) in [4.78, 5) is 23.8. The van der Waals surface area contributed by atoms with Crippen molar-refractivity contribution in [2.45, 2.75) is 26.2 Å². The molecule has 0 bridgehead atoms. The lowest BCUT2D eigenvalue weighted by atomic mass is 9.87. The first-order valence-corrected chi connectivity index (χ1v) is 8.47. The standard InChI is InChI=1S/C20H21N3O4/c1-20(2,3)14-5-7-15(8-6-14)22-18(24)19(25)23-21-11-13-4-9-16-17(10-13)27-12-26-16/h4-11H,12H2,1-3H3,(H,22,24)(H,23,25)/b21-11-. The van der Waals surface area contributed by atoms with Crippen molar-refractivity contribution in [1.29, 1.82) is 0 Å². The third-order valence-electron chi connectivity index (χ3n) is 3.99. The molecule has 0 spiro atoms. The highest BCUT2D eigenvalue weighted by atomic mass is 16.7. The summed E-state index contributed by atoms with van der Waals surface area (Å²) >= 11 is 0. The maximum absolute atomic E-state index is 12.0. The summed E-state index contributed by atoms with van der Waals surface area (Å²) < 4.78 is 10.5. The van der Waals surface area contributed by atoms with E-state index in [9.17, 15) is 9.59 Å². The minimum atomic E-state index is -0.855. The molecule has 0 saturated heterocycles. The van der Waals surface area contributed by atoms with E-state index in [-0.39, 0.29) is 12.2 Å². The number of carbonyl (C=O) groups is 2. The second kappa shape index (κ2) is 7.49. The monoisotopic (exact) mass is 367 g/mol. The van der Waals surface area contributed by atoms with Crippen LogP contribution in [0.4, 0.5) is 5.69 Å². The molecule has 1 aliphatic rings. The van der Waals surface area contributed by atoms with Gasteiger partial charge in [-0.05, 0) is 46.9 Å². The molecule has 2 amide bonds. The molecule has 0 radical (unpaired) electrons. The number of nitrogens with one attached hydrogen (secondary N) is 2. The molecule has 2 N–H and O–H groups in total. The number of hydrogen-bond acceptors (Lipinski definition) is 5. The molecule has 2 aromatic rings. The predicted molar refractivity (Wildman–Crippen MR) is 102 cm³/mol. The van der Waals surface area contributed by atoms with Crippen LogP contribution in [0.15, 0.2) is 47.6 Å². The quantitative estimate of drug-likeness (QED) is 0.496. The van der Waals surface area contributed by atoms with Gasteiger partial charge >= 0.3 is 11.8 Å². The molecular formula is C20H21N3O4. The van der Waals surface area contributed by atoms with Crippen LogP contribution in [-0.2, 0) is 15.0 Å². The largest absolute Gasteiger partial charge is 0.454 e. The number of anilines is 1. The minimum Gasteiger partial charge on any atom is -0.454 e. The van der Waals surface area contributed by atoms with Crippen molar-refractivity contribution in [2.24, 2.45) is 5.10 Å². The third kappa shape index (κ3) is 4.63. The van der Waals surface area contributed by atoms with E-state index in [1.165, 1.54) is 6.21 Å². The Morgan fingerprint density at radius 2 is 1.70 bits per heavy atom. The molecule has 1 heterocycles. The van der Waals surface area contributed by atoms with E-state index in [4.69, 9.17) is 9.47 Å². The Kier molecular flexibility index (Phi) is 5.12. The summed E-state index contributed by atoms with van der Waals surface area (Å²) in [7, 11) is 0. The Labute approximate surface area is 157 Å². The summed E-state index contributed by atoms with van der Waals surface area (Å²) in [6.45, 7) is 6.49. The maximum Gasteiger partial charge on any atom is 0.329 e. The Hall–Kier alpha value is -3.35. The van der Waals surface area contributed by atoms with Crippen LogP contribution in [0.3, 0.4) is 0 Å². The number of hydrazone groups is 1. The third-order valence-corrected chi connectivity index (χ3v) is 3.99. The van der Waals surface area contributed by atoms with E-state index in [1.807, 2.05) is 12.1 Å². The molecule has 3 rings (SSSR count). The van der Waals surface area contributed by atoms with E-state index in [1.54, 1.807) is 30.3 Å². The van der Waals surface area contributed by atoms with Crippen molar-refractivity contribution >= 4 is 23.7 Å².